The van der Waals surface area contributed by atoms with Gasteiger partial charge in [0.15, 0.2) is 0 Å². The first-order chi connectivity index (χ1) is 9.61. The molecule has 0 fully saturated rings. The molecule has 3 N–H and O–H groups in total. The summed E-state index contributed by atoms with van der Waals surface area (Å²) in [4.78, 5) is 10.7. The predicted molar refractivity (Wildman–Crippen MR) is 70.4 cm³/mol. The number of carbonyl (C=O) groups excluding carboxylic acids is 1. The molecule has 21 heavy (non-hydrogen) atoms. The largest absolute Gasteiger partial charge is 0.416 e. The first-order valence-electron chi connectivity index (χ1n) is 6.40. The molecule has 2 unspecified atom stereocenters. The van der Waals surface area contributed by atoms with E-state index >= 15 is 0 Å². The minimum atomic E-state index is -4.51. The molecule has 118 valence electrons. The van der Waals surface area contributed by atoms with Crippen LogP contribution in [0.4, 0.5) is 13.2 Å². The van der Waals surface area contributed by atoms with Gasteiger partial charge in [-0.05, 0) is 31.0 Å². The summed E-state index contributed by atoms with van der Waals surface area (Å²) in [5, 5.41) is 22.2. The molecule has 0 aromatic heterocycles. The number of carbonyl (C=O) groups is 1. The summed E-state index contributed by atoms with van der Waals surface area (Å²) in [6.07, 6.45) is -7.18. The molecule has 0 aliphatic rings. The van der Waals surface area contributed by atoms with Crippen LogP contribution < -0.4 is 5.32 Å². The standard InChI is InChI=1S/C14H18F3NO3/c1-8-5-10(7-11(6-8)14(15,16)17)13(21)12(20)3-4-18-9(2)19/h5-7,12-13,20-21H,3-4H2,1-2H3,(H,18,19). The molecule has 1 amide bonds. The first-order valence-corrected chi connectivity index (χ1v) is 6.40. The van der Waals surface area contributed by atoms with Gasteiger partial charge in [-0.3, -0.25) is 4.79 Å². The lowest BCUT2D eigenvalue weighted by Crippen LogP contribution is -2.27. The van der Waals surface area contributed by atoms with E-state index in [0.717, 1.165) is 12.1 Å². The molecule has 0 spiro atoms. The summed E-state index contributed by atoms with van der Waals surface area (Å²) in [7, 11) is 0. The summed E-state index contributed by atoms with van der Waals surface area (Å²) in [6.45, 7) is 2.92. The van der Waals surface area contributed by atoms with Crippen molar-refractivity contribution in [1.82, 2.24) is 5.32 Å². The van der Waals surface area contributed by atoms with Crippen LogP contribution in [0.2, 0.25) is 0 Å². The number of aryl methyl sites for hydroxylation is 1. The van der Waals surface area contributed by atoms with Crippen molar-refractivity contribution >= 4 is 5.91 Å². The topological polar surface area (TPSA) is 69.6 Å². The van der Waals surface area contributed by atoms with Crippen LogP contribution >= 0.6 is 0 Å². The van der Waals surface area contributed by atoms with E-state index in [-0.39, 0.29) is 24.4 Å². The van der Waals surface area contributed by atoms with Gasteiger partial charge in [-0.2, -0.15) is 13.2 Å². The molecule has 0 heterocycles. The van der Waals surface area contributed by atoms with Crippen molar-refractivity contribution in [3.8, 4) is 0 Å². The molecule has 0 radical (unpaired) electrons. The normalized spacial score (nSPS) is 14.6. The van der Waals surface area contributed by atoms with Crippen molar-refractivity contribution in [2.45, 2.75) is 38.7 Å². The lowest BCUT2D eigenvalue weighted by molar-refractivity contribution is -0.137. The molecule has 1 rings (SSSR count). The van der Waals surface area contributed by atoms with Gasteiger partial charge in [-0.25, -0.2) is 0 Å². The molecule has 1 aromatic rings. The van der Waals surface area contributed by atoms with Crippen LogP contribution in [0.3, 0.4) is 0 Å². The second-order valence-corrected chi connectivity index (χ2v) is 4.91. The summed E-state index contributed by atoms with van der Waals surface area (Å²) in [5.74, 6) is -0.286. The van der Waals surface area contributed by atoms with Crippen LogP contribution in [0.25, 0.3) is 0 Å². The van der Waals surface area contributed by atoms with Gasteiger partial charge in [-0.15, -0.1) is 0 Å². The molecule has 1 aromatic carbocycles. The Morgan fingerprint density at radius 3 is 2.43 bits per heavy atom. The van der Waals surface area contributed by atoms with Crippen molar-refractivity contribution in [2.75, 3.05) is 6.54 Å². The number of halogens is 3. The highest BCUT2D eigenvalue weighted by Gasteiger charge is 2.32. The Balaban J connectivity index is 2.84. The zero-order valence-corrected chi connectivity index (χ0v) is 11.7. The maximum absolute atomic E-state index is 12.7. The average Bonchev–Trinajstić information content (AvgIpc) is 2.35. The fraction of sp³-hybridized carbons (Fsp3) is 0.500. The van der Waals surface area contributed by atoms with Crippen LogP contribution in [0.15, 0.2) is 18.2 Å². The highest BCUT2D eigenvalue weighted by atomic mass is 19.4. The number of aliphatic hydroxyl groups excluding tert-OH is 2. The fourth-order valence-electron chi connectivity index (χ4n) is 1.92. The second kappa shape index (κ2) is 6.91. The first kappa shape index (κ1) is 17.5. The molecule has 0 bridgehead atoms. The summed E-state index contributed by atoms with van der Waals surface area (Å²) in [5.41, 5.74) is -0.531. The van der Waals surface area contributed by atoms with Crippen LogP contribution in [0.5, 0.6) is 0 Å². The van der Waals surface area contributed by atoms with E-state index in [1.54, 1.807) is 0 Å². The molecular weight excluding hydrogens is 287 g/mol. The smallest absolute Gasteiger partial charge is 0.390 e. The van der Waals surface area contributed by atoms with Gasteiger partial charge in [-0.1, -0.05) is 11.6 Å². The lowest BCUT2D eigenvalue weighted by atomic mass is 9.97. The van der Waals surface area contributed by atoms with Gasteiger partial charge < -0.3 is 15.5 Å². The molecule has 4 nitrogen and oxygen atoms in total. The number of rotatable bonds is 5. The number of nitrogens with one attached hydrogen (secondary N) is 1. The third kappa shape index (κ3) is 5.35. The Hall–Kier alpha value is -1.60. The number of hydrogen-bond donors (Lipinski definition) is 3. The third-order valence-corrected chi connectivity index (χ3v) is 2.95. The van der Waals surface area contributed by atoms with Crippen LogP contribution in [0, 0.1) is 6.92 Å². The van der Waals surface area contributed by atoms with E-state index in [4.69, 9.17) is 0 Å². The van der Waals surface area contributed by atoms with Crippen molar-refractivity contribution in [3.63, 3.8) is 0 Å². The summed E-state index contributed by atoms with van der Waals surface area (Å²) in [6, 6.07) is 3.18. The number of benzene rings is 1. The van der Waals surface area contributed by atoms with E-state index in [1.165, 1.54) is 19.9 Å². The Morgan fingerprint density at radius 1 is 1.29 bits per heavy atom. The zero-order valence-electron chi connectivity index (χ0n) is 11.7. The highest BCUT2D eigenvalue weighted by molar-refractivity contribution is 5.72. The van der Waals surface area contributed by atoms with Crippen molar-refractivity contribution < 1.29 is 28.2 Å². The van der Waals surface area contributed by atoms with Crippen LogP contribution in [0.1, 0.15) is 36.1 Å². The second-order valence-electron chi connectivity index (χ2n) is 4.91. The minimum Gasteiger partial charge on any atom is -0.390 e. The molecule has 2 atom stereocenters. The molecule has 0 saturated carbocycles. The Labute approximate surface area is 120 Å². The quantitative estimate of drug-likeness (QED) is 0.778. The molecule has 7 heteroatoms. The highest BCUT2D eigenvalue weighted by Crippen LogP contribution is 2.32. The maximum Gasteiger partial charge on any atom is 0.416 e. The third-order valence-electron chi connectivity index (χ3n) is 2.95. The van der Waals surface area contributed by atoms with Gasteiger partial charge in [0, 0.05) is 13.5 Å². The van der Waals surface area contributed by atoms with Gasteiger partial charge in [0.1, 0.15) is 6.10 Å². The SMILES string of the molecule is CC(=O)NCCC(O)C(O)c1cc(C)cc(C(F)(F)F)c1. The van der Waals surface area contributed by atoms with Crippen molar-refractivity contribution in [1.29, 1.82) is 0 Å². The molecular formula is C14H18F3NO3. The van der Waals surface area contributed by atoms with Crippen LogP contribution in [-0.4, -0.2) is 28.8 Å². The fourth-order valence-corrected chi connectivity index (χ4v) is 1.92. The van der Waals surface area contributed by atoms with Crippen LogP contribution in [-0.2, 0) is 11.0 Å². The average molecular weight is 305 g/mol. The molecule has 0 aliphatic carbocycles. The van der Waals surface area contributed by atoms with Crippen molar-refractivity contribution in [2.24, 2.45) is 0 Å². The Kier molecular flexibility index (Phi) is 5.74. The van der Waals surface area contributed by atoms with E-state index in [9.17, 15) is 28.2 Å². The monoisotopic (exact) mass is 305 g/mol. The maximum atomic E-state index is 12.7. The van der Waals surface area contributed by atoms with Gasteiger partial charge in [0.2, 0.25) is 5.91 Å². The number of alkyl halides is 3. The summed E-state index contributed by atoms with van der Waals surface area (Å²) >= 11 is 0. The minimum absolute atomic E-state index is 0.00218. The van der Waals surface area contributed by atoms with E-state index in [1.807, 2.05) is 0 Å². The van der Waals surface area contributed by atoms with E-state index in [2.05, 4.69) is 5.32 Å². The number of aliphatic hydroxyl groups is 2. The van der Waals surface area contributed by atoms with Gasteiger partial charge in [0.25, 0.3) is 0 Å². The Bertz CT molecular complexity index is 503. The molecule has 0 aliphatic heterocycles. The van der Waals surface area contributed by atoms with Gasteiger partial charge in [0.05, 0.1) is 11.7 Å². The molecule has 0 saturated heterocycles. The van der Waals surface area contributed by atoms with Gasteiger partial charge >= 0.3 is 6.18 Å². The Morgan fingerprint density at radius 2 is 1.90 bits per heavy atom. The van der Waals surface area contributed by atoms with E-state index in [0.29, 0.717) is 5.56 Å². The summed E-state index contributed by atoms with van der Waals surface area (Å²) < 4.78 is 38.1. The number of hydrogen-bond acceptors (Lipinski definition) is 3. The predicted octanol–water partition coefficient (Wildman–Crippen LogP) is 1.93. The lowest BCUT2D eigenvalue weighted by Gasteiger charge is -2.20. The van der Waals surface area contributed by atoms with Crippen molar-refractivity contribution in [3.05, 3.63) is 34.9 Å². The number of amides is 1. The zero-order chi connectivity index (χ0) is 16.2. The van der Waals surface area contributed by atoms with E-state index < -0.39 is 23.9 Å².